The van der Waals surface area contributed by atoms with E-state index in [4.69, 9.17) is 0 Å². The van der Waals surface area contributed by atoms with Gasteiger partial charge in [0.05, 0.1) is 0 Å². The van der Waals surface area contributed by atoms with E-state index in [1.807, 2.05) is 0 Å². The van der Waals surface area contributed by atoms with Crippen LogP contribution in [0.2, 0.25) is 0 Å². The Labute approximate surface area is 113 Å². The van der Waals surface area contributed by atoms with Gasteiger partial charge in [0.25, 0.3) is 0 Å². The van der Waals surface area contributed by atoms with Crippen molar-refractivity contribution in [2.24, 2.45) is 5.92 Å². The first-order valence-electron chi connectivity index (χ1n) is 8.28. The maximum absolute atomic E-state index is 3.65. The molecular formula is C17H31N. The van der Waals surface area contributed by atoms with Crippen molar-refractivity contribution in [3.8, 4) is 0 Å². The molecular weight excluding hydrogens is 218 g/mol. The number of likely N-dealkylation sites (N-methyl/N-ethyl adjacent to an activating group) is 1. The van der Waals surface area contributed by atoms with E-state index >= 15 is 0 Å². The second-order valence-electron chi connectivity index (χ2n) is 6.25. The van der Waals surface area contributed by atoms with Gasteiger partial charge >= 0.3 is 0 Å². The second-order valence-corrected chi connectivity index (χ2v) is 6.25. The van der Waals surface area contributed by atoms with Crippen LogP contribution in [0.4, 0.5) is 0 Å². The average molecular weight is 249 g/mol. The lowest BCUT2D eigenvalue weighted by Crippen LogP contribution is -2.35. The highest BCUT2D eigenvalue weighted by atomic mass is 14.9. The van der Waals surface area contributed by atoms with Gasteiger partial charge in [0, 0.05) is 6.04 Å². The largest absolute Gasteiger partial charge is 0.313 e. The van der Waals surface area contributed by atoms with E-state index in [-0.39, 0.29) is 0 Å². The normalized spacial score (nSPS) is 25.7. The lowest BCUT2D eigenvalue weighted by molar-refractivity contribution is 0.358. The van der Waals surface area contributed by atoms with Crippen LogP contribution in [0, 0.1) is 5.92 Å². The van der Waals surface area contributed by atoms with E-state index < -0.39 is 0 Å². The van der Waals surface area contributed by atoms with E-state index in [0.29, 0.717) is 6.04 Å². The van der Waals surface area contributed by atoms with Gasteiger partial charge in [-0.15, -0.1) is 0 Å². The molecule has 0 aliphatic heterocycles. The van der Waals surface area contributed by atoms with E-state index in [1.165, 1.54) is 77.0 Å². The fourth-order valence-electron chi connectivity index (χ4n) is 3.87. The van der Waals surface area contributed by atoms with Crippen LogP contribution < -0.4 is 5.32 Å². The minimum atomic E-state index is 0.682. The summed E-state index contributed by atoms with van der Waals surface area (Å²) in [5, 5.41) is 3.65. The van der Waals surface area contributed by atoms with Gasteiger partial charge in [0.1, 0.15) is 0 Å². The molecule has 18 heavy (non-hydrogen) atoms. The molecule has 1 fully saturated rings. The third-order valence-corrected chi connectivity index (χ3v) is 4.91. The monoisotopic (exact) mass is 249 g/mol. The third kappa shape index (κ3) is 4.12. The van der Waals surface area contributed by atoms with Crippen LogP contribution in [0.5, 0.6) is 0 Å². The van der Waals surface area contributed by atoms with E-state index in [9.17, 15) is 0 Å². The van der Waals surface area contributed by atoms with Crippen molar-refractivity contribution in [1.82, 2.24) is 5.32 Å². The van der Waals surface area contributed by atoms with Crippen molar-refractivity contribution in [3.05, 3.63) is 11.6 Å². The predicted octanol–water partition coefficient (Wildman–Crippen LogP) is 4.83. The van der Waals surface area contributed by atoms with Gasteiger partial charge < -0.3 is 5.32 Å². The summed E-state index contributed by atoms with van der Waals surface area (Å²) in [6, 6.07) is 0.682. The van der Waals surface area contributed by atoms with Crippen LogP contribution in [-0.2, 0) is 0 Å². The molecule has 0 amide bonds. The fourth-order valence-corrected chi connectivity index (χ4v) is 3.87. The number of hydrogen-bond donors (Lipinski definition) is 1. The molecule has 0 bridgehead atoms. The molecule has 0 saturated heterocycles. The predicted molar refractivity (Wildman–Crippen MR) is 79.8 cm³/mol. The first-order chi connectivity index (χ1) is 8.92. The maximum Gasteiger partial charge on any atom is 0.0305 e. The number of nitrogens with one attached hydrogen (secondary N) is 1. The van der Waals surface area contributed by atoms with Gasteiger partial charge in [-0.25, -0.2) is 0 Å². The molecule has 104 valence electrons. The average Bonchev–Trinajstić information content (AvgIpc) is 2.61. The standard InChI is InChI=1S/C17H31N/c1-18-17(16-13-9-5-6-10-14-16)15-11-7-3-2-4-8-12-15/h11,16-18H,2-10,12-14H2,1H3. The molecule has 0 aromatic heterocycles. The van der Waals surface area contributed by atoms with E-state index in [0.717, 1.165) is 5.92 Å². The van der Waals surface area contributed by atoms with Crippen LogP contribution in [0.25, 0.3) is 0 Å². The summed E-state index contributed by atoms with van der Waals surface area (Å²) in [4.78, 5) is 0. The van der Waals surface area contributed by atoms with Crippen molar-refractivity contribution < 1.29 is 0 Å². The summed E-state index contributed by atoms with van der Waals surface area (Å²) >= 11 is 0. The molecule has 0 aromatic carbocycles. The smallest absolute Gasteiger partial charge is 0.0305 e. The van der Waals surface area contributed by atoms with Crippen molar-refractivity contribution in [2.45, 2.75) is 83.1 Å². The van der Waals surface area contributed by atoms with Crippen molar-refractivity contribution in [2.75, 3.05) is 7.05 Å². The Hall–Kier alpha value is -0.300. The second kappa shape index (κ2) is 7.99. The minimum Gasteiger partial charge on any atom is -0.313 e. The molecule has 0 spiro atoms. The quantitative estimate of drug-likeness (QED) is 0.558. The van der Waals surface area contributed by atoms with Crippen molar-refractivity contribution >= 4 is 0 Å². The summed E-state index contributed by atoms with van der Waals surface area (Å²) in [5.41, 5.74) is 1.74. The zero-order valence-corrected chi connectivity index (χ0v) is 12.2. The third-order valence-electron chi connectivity index (χ3n) is 4.91. The van der Waals surface area contributed by atoms with E-state index in [1.54, 1.807) is 5.57 Å². The zero-order chi connectivity index (χ0) is 12.6. The summed E-state index contributed by atoms with van der Waals surface area (Å²) in [5.74, 6) is 0.906. The van der Waals surface area contributed by atoms with Crippen LogP contribution in [0.15, 0.2) is 11.6 Å². The first-order valence-corrected chi connectivity index (χ1v) is 8.28. The molecule has 1 atom stereocenters. The fraction of sp³-hybridized carbons (Fsp3) is 0.882. The van der Waals surface area contributed by atoms with Gasteiger partial charge in [-0.2, -0.15) is 0 Å². The number of rotatable bonds is 3. The van der Waals surface area contributed by atoms with Gasteiger partial charge in [-0.05, 0) is 51.5 Å². The number of allylic oxidation sites excluding steroid dienone is 1. The van der Waals surface area contributed by atoms with Gasteiger partial charge in [-0.3, -0.25) is 0 Å². The summed E-state index contributed by atoms with van der Waals surface area (Å²) < 4.78 is 0. The Morgan fingerprint density at radius 2 is 1.61 bits per heavy atom. The van der Waals surface area contributed by atoms with Crippen molar-refractivity contribution in [1.29, 1.82) is 0 Å². The number of hydrogen-bond acceptors (Lipinski definition) is 1. The highest BCUT2D eigenvalue weighted by Crippen LogP contribution is 2.31. The van der Waals surface area contributed by atoms with Crippen LogP contribution in [0.1, 0.15) is 77.0 Å². The maximum atomic E-state index is 3.65. The molecule has 1 N–H and O–H groups in total. The lowest BCUT2D eigenvalue weighted by Gasteiger charge is -2.29. The lowest BCUT2D eigenvalue weighted by atomic mass is 9.83. The summed E-state index contributed by atoms with van der Waals surface area (Å²) in [7, 11) is 2.18. The Kier molecular flexibility index (Phi) is 6.26. The van der Waals surface area contributed by atoms with Crippen LogP contribution in [0.3, 0.4) is 0 Å². The Morgan fingerprint density at radius 1 is 0.944 bits per heavy atom. The van der Waals surface area contributed by atoms with Gasteiger partial charge in [-0.1, -0.05) is 50.2 Å². The molecule has 1 unspecified atom stereocenters. The molecule has 1 saturated carbocycles. The molecule has 2 rings (SSSR count). The Bertz CT molecular complexity index is 248. The molecule has 2 aliphatic rings. The molecule has 0 radical (unpaired) electrons. The molecule has 0 aromatic rings. The van der Waals surface area contributed by atoms with Crippen LogP contribution >= 0.6 is 0 Å². The summed E-state index contributed by atoms with van der Waals surface area (Å²) in [6.07, 6.45) is 19.7. The first kappa shape index (κ1) is 14.1. The van der Waals surface area contributed by atoms with Gasteiger partial charge in [0.2, 0.25) is 0 Å². The highest BCUT2D eigenvalue weighted by Gasteiger charge is 2.24. The van der Waals surface area contributed by atoms with E-state index in [2.05, 4.69) is 18.4 Å². The SMILES string of the molecule is CNC(C1=CCCCCCC1)C1CCCCCC1. The Balaban J connectivity index is 2.00. The topological polar surface area (TPSA) is 12.0 Å². The molecule has 1 heteroatoms. The summed E-state index contributed by atoms with van der Waals surface area (Å²) in [6.45, 7) is 0. The zero-order valence-electron chi connectivity index (χ0n) is 12.2. The molecule has 1 nitrogen and oxygen atoms in total. The molecule has 2 aliphatic carbocycles. The Morgan fingerprint density at radius 3 is 2.33 bits per heavy atom. The minimum absolute atomic E-state index is 0.682. The molecule has 0 heterocycles. The van der Waals surface area contributed by atoms with Crippen molar-refractivity contribution in [3.63, 3.8) is 0 Å². The van der Waals surface area contributed by atoms with Crippen LogP contribution in [-0.4, -0.2) is 13.1 Å². The highest BCUT2D eigenvalue weighted by molar-refractivity contribution is 5.13. The van der Waals surface area contributed by atoms with Gasteiger partial charge in [0.15, 0.2) is 0 Å².